The molecule has 1 heterocycles. The van der Waals surface area contributed by atoms with Crippen molar-refractivity contribution in [3.63, 3.8) is 0 Å². The van der Waals surface area contributed by atoms with E-state index in [1.807, 2.05) is 20.8 Å². The highest BCUT2D eigenvalue weighted by molar-refractivity contribution is 6.42. The Morgan fingerprint density at radius 2 is 1.58 bits per heavy atom. The quantitative estimate of drug-likeness (QED) is 0.725. The first-order chi connectivity index (χ1) is 8.82. The van der Waals surface area contributed by atoms with Gasteiger partial charge in [0, 0.05) is 5.02 Å². The van der Waals surface area contributed by atoms with Gasteiger partial charge in [0.2, 0.25) is 0 Å². The molecule has 5 heteroatoms. The third-order valence-electron chi connectivity index (χ3n) is 3.80. The standard InChI is InChI=1S/C14H15Cl3O2/c1-6-7(2)19-8(3)12(6)14(18)13-10(16)4-9(15)5-11(13)17/h4-8,12H,1-3H3. The maximum absolute atomic E-state index is 12.7. The lowest BCUT2D eigenvalue weighted by Gasteiger charge is -2.18. The average Bonchev–Trinajstić information content (AvgIpc) is 2.51. The van der Waals surface area contributed by atoms with Crippen LogP contribution in [0.5, 0.6) is 0 Å². The van der Waals surface area contributed by atoms with Gasteiger partial charge in [0.25, 0.3) is 0 Å². The molecule has 0 radical (unpaired) electrons. The maximum Gasteiger partial charge on any atom is 0.171 e. The van der Waals surface area contributed by atoms with Crippen molar-refractivity contribution in [2.24, 2.45) is 11.8 Å². The van der Waals surface area contributed by atoms with Crippen LogP contribution in [0.15, 0.2) is 12.1 Å². The highest BCUT2D eigenvalue weighted by Crippen LogP contribution is 2.38. The molecule has 4 unspecified atom stereocenters. The van der Waals surface area contributed by atoms with Crippen LogP contribution in [0.1, 0.15) is 31.1 Å². The minimum absolute atomic E-state index is 0.0498. The van der Waals surface area contributed by atoms with E-state index in [2.05, 4.69) is 0 Å². The zero-order valence-corrected chi connectivity index (χ0v) is 13.2. The van der Waals surface area contributed by atoms with Gasteiger partial charge in [-0.2, -0.15) is 0 Å². The molecule has 2 rings (SSSR count). The van der Waals surface area contributed by atoms with Crippen LogP contribution in [0, 0.1) is 11.8 Å². The highest BCUT2D eigenvalue weighted by Gasteiger charge is 2.42. The van der Waals surface area contributed by atoms with Gasteiger partial charge in [0.1, 0.15) is 0 Å². The molecule has 19 heavy (non-hydrogen) atoms. The van der Waals surface area contributed by atoms with E-state index >= 15 is 0 Å². The molecule has 0 amide bonds. The summed E-state index contributed by atoms with van der Waals surface area (Å²) in [5.41, 5.74) is 0.342. The fraction of sp³-hybridized carbons (Fsp3) is 0.500. The van der Waals surface area contributed by atoms with Crippen molar-refractivity contribution in [1.29, 1.82) is 0 Å². The lowest BCUT2D eigenvalue weighted by atomic mass is 9.83. The number of hydrogen-bond donors (Lipinski definition) is 0. The summed E-state index contributed by atoms with van der Waals surface area (Å²) in [7, 11) is 0. The van der Waals surface area contributed by atoms with Crippen molar-refractivity contribution in [3.05, 3.63) is 32.8 Å². The highest BCUT2D eigenvalue weighted by atomic mass is 35.5. The Hall–Kier alpha value is -0.280. The summed E-state index contributed by atoms with van der Waals surface area (Å²) < 4.78 is 5.70. The van der Waals surface area contributed by atoms with E-state index in [-0.39, 0.29) is 29.8 Å². The molecular weight excluding hydrogens is 307 g/mol. The first-order valence-electron chi connectivity index (χ1n) is 6.17. The monoisotopic (exact) mass is 320 g/mol. The molecule has 1 fully saturated rings. The van der Waals surface area contributed by atoms with E-state index in [9.17, 15) is 4.79 Å². The number of carbonyl (C=O) groups is 1. The van der Waals surface area contributed by atoms with Gasteiger partial charge in [-0.1, -0.05) is 41.7 Å². The SMILES string of the molecule is CC1OC(C)C(C(=O)c2c(Cl)cc(Cl)cc2Cl)C1C. The average molecular weight is 322 g/mol. The van der Waals surface area contributed by atoms with Crippen LogP contribution in [-0.2, 0) is 4.74 Å². The fourth-order valence-corrected chi connectivity index (χ4v) is 3.67. The van der Waals surface area contributed by atoms with E-state index in [1.54, 1.807) is 0 Å². The molecule has 1 saturated heterocycles. The molecule has 1 aliphatic heterocycles. The molecule has 0 N–H and O–H groups in total. The van der Waals surface area contributed by atoms with Gasteiger partial charge < -0.3 is 4.74 Å². The minimum atomic E-state index is -0.230. The summed E-state index contributed by atoms with van der Waals surface area (Å²) in [6, 6.07) is 3.08. The van der Waals surface area contributed by atoms with Crippen LogP contribution in [0.2, 0.25) is 15.1 Å². The number of Topliss-reactive ketones (excluding diaryl/α,β-unsaturated/α-hetero) is 1. The Balaban J connectivity index is 2.40. The Morgan fingerprint density at radius 1 is 1.05 bits per heavy atom. The van der Waals surface area contributed by atoms with Crippen LogP contribution in [0.4, 0.5) is 0 Å². The zero-order chi connectivity index (χ0) is 14.3. The Morgan fingerprint density at radius 3 is 2.00 bits per heavy atom. The molecule has 2 nitrogen and oxygen atoms in total. The summed E-state index contributed by atoms with van der Waals surface area (Å²) >= 11 is 18.1. The number of hydrogen-bond acceptors (Lipinski definition) is 2. The summed E-state index contributed by atoms with van der Waals surface area (Å²) in [4.78, 5) is 12.7. The Kier molecular flexibility index (Phi) is 4.46. The number of carbonyl (C=O) groups excluding carboxylic acids is 1. The summed E-state index contributed by atoms with van der Waals surface area (Å²) in [6.07, 6.45) is -0.0888. The molecule has 104 valence electrons. The molecule has 1 aliphatic rings. The van der Waals surface area contributed by atoms with Gasteiger partial charge in [0.15, 0.2) is 5.78 Å². The van der Waals surface area contributed by atoms with Crippen LogP contribution < -0.4 is 0 Å². The normalized spacial score (nSPS) is 30.6. The minimum Gasteiger partial charge on any atom is -0.374 e. The number of ether oxygens (including phenoxy) is 1. The predicted octanol–water partition coefficient (Wildman–Crippen LogP) is 4.89. The van der Waals surface area contributed by atoms with Crippen LogP contribution in [0.3, 0.4) is 0 Å². The Labute approximate surface area is 128 Å². The predicted molar refractivity (Wildman–Crippen MR) is 78.5 cm³/mol. The van der Waals surface area contributed by atoms with Gasteiger partial charge in [-0.15, -0.1) is 0 Å². The molecule has 0 saturated carbocycles. The second-order valence-electron chi connectivity index (χ2n) is 5.04. The lowest BCUT2D eigenvalue weighted by Crippen LogP contribution is -2.27. The van der Waals surface area contributed by atoms with Gasteiger partial charge in [-0.05, 0) is 31.9 Å². The van der Waals surface area contributed by atoms with Gasteiger partial charge in [-0.3, -0.25) is 4.79 Å². The summed E-state index contributed by atoms with van der Waals surface area (Å²) in [5, 5.41) is 1.01. The summed E-state index contributed by atoms with van der Waals surface area (Å²) in [5.74, 6) is -0.174. The third kappa shape index (κ3) is 2.78. The maximum atomic E-state index is 12.7. The second-order valence-corrected chi connectivity index (χ2v) is 6.29. The lowest BCUT2D eigenvalue weighted by molar-refractivity contribution is 0.0491. The number of benzene rings is 1. The van der Waals surface area contributed by atoms with E-state index in [4.69, 9.17) is 39.5 Å². The molecule has 0 bridgehead atoms. The topological polar surface area (TPSA) is 26.3 Å². The van der Waals surface area contributed by atoms with E-state index < -0.39 is 0 Å². The van der Waals surface area contributed by atoms with E-state index in [0.29, 0.717) is 20.6 Å². The molecule has 0 spiro atoms. The third-order valence-corrected chi connectivity index (χ3v) is 4.61. The first kappa shape index (κ1) is 15.1. The number of halogens is 3. The molecule has 4 atom stereocenters. The fourth-order valence-electron chi connectivity index (χ4n) is 2.66. The van der Waals surface area contributed by atoms with E-state index in [1.165, 1.54) is 12.1 Å². The Bertz CT molecular complexity index is 492. The van der Waals surface area contributed by atoms with Crippen LogP contribution in [-0.4, -0.2) is 18.0 Å². The largest absolute Gasteiger partial charge is 0.374 e. The molecule has 0 aromatic heterocycles. The molecular formula is C14H15Cl3O2. The second kappa shape index (κ2) is 5.61. The van der Waals surface area contributed by atoms with Crippen molar-refractivity contribution >= 4 is 40.6 Å². The van der Waals surface area contributed by atoms with Crippen molar-refractivity contribution in [2.75, 3.05) is 0 Å². The van der Waals surface area contributed by atoms with Crippen molar-refractivity contribution in [2.45, 2.75) is 33.0 Å². The number of rotatable bonds is 2. The smallest absolute Gasteiger partial charge is 0.171 e. The van der Waals surface area contributed by atoms with Crippen molar-refractivity contribution < 1.29 is 9.53 Å². The molecule has 1 aromatic carbocycles. The first-order valence-corrected chi connectivity index (χ1v) is 7.30. The zero-order valence-electron chi connectivity index (χ0n) is 10.9. The molecule has 1 aromatic rings. The van der Waals surface area contributed by atoms with Gasteiger partial charge >= 0.3 is 0 Å². The van der Waals surface area contributed by atoms with Gasteiger partial charge in [-0.25, -0.2) is 0 Å². The van der Waals surface area contributed by atoms with Crippen LogP contribution in [0.25, 0.3) is 0 Å². The number of ketones is 1. The van der Waals surface area contributed by atoms with E-state index in [0.717, 1.165) is 0 Å². The van der Waals surface area contributed by atoms with Crippen molar-refractivity contribution in [1.82, 2.24) is 0 Å². The summed E-state index contributed by atoms with van der Waals surface area (Å²) in [6.45, 7) is 5.88. The molecule has 0 aliphatic carbocycles. The van der Waals surface area contributed by atoms with Crippen molar-refractivity contribution in [3.8, 4) is 0 Å². The van der Waals surface area contributed by atoms with Crippen LogP contribution >= 0.6 is 34.8 Å². The van der Waals surface area contributed by atoms with Gasteiger partial charge in [0.05, 0.1) is 33.7 Å².